The Labute approximate surface area is 132 Å². The summed E-state index contributed by atoms with van der Waals surface area (Å²) < 4.78 is 4.77. The molecule has 0 saturated carbocycles. The molecule has 0 aliphatic carbocycles. The van der Waals surface area contributed by atoms with Crippen molar-refractivity contribution in [3.05, 3.63) is 35.9 Å². The van der Waals surface area contributed by atoms with Crippen LogP contribution < -0.4 is 5.32 Å². The zero-order valence-corrected chi connectivity index (χ0v) is 13.8. The number of rotatable bonds is 8. The molecule has 5 heteroatoms. The fourth-order valence-corrected chi connectivity index (χ4v) is 2.21. The Morgan fingerprint density at radius 2 is 1.91 bits per heavy atom. The van der Waals surface area contributed by atoms with Crippen molar-refractivity contribution < 1.29 is 14.3 Å². The smallest absolute Gasteiger partial charge is 0.328 e. The van der Waals surface area contributed by atoms with Gasteiger partial charge in [0.05, 0.1) is 13.7 Å². The molecular weight excluding hydrogens is 280 g/mol. The van der Waals surface area contributed by atoms with Gasteiger partial charge < -0.3 is 10.1 Å². The third kappa shape index (κ3) is 5.85. The Morgan fingerprint density at radius 1 is 1.27 bits per heavy atom. The van der Waals surface area contributed by atoms with E-state index in [0.717, 1.165) is 12.0 Å². The maximum atomic E-state index is 12.1. The summed E-state index contributed by atoms with van der Waals surface area (Å²) in [6.07, 6.45) is 0.792. The van der Waals surface area contributed by atoms with Crippen LogP contribution in [-0.4, -0.2) is 43.5 Å². The van der Waals surface area contributed by atoms with Crippen molar-refractivity contribution in [2.24, 2.45) is 5.92 Å². The van der Waals surface area contributed by atoms with Crippen molar-refractivity contribution in [1.82, 2.24) is 10.2 Å². The van der Waals surface area contributed by atoms with Crippen LogP contribution >= 0.6 is 0 Å². The lowest BCUT2D eigenvalue weighted by Gasteiger charge is -2.23. The van der Waals surface area contributed by atoms with Gasteiger partial charge in [0.2, 0.25) is 5.91 Å². The zero-order valence-electron chi connectivity index (χ0n) is 13.8. The van der Waals surface area contributed by atoms with Gasteiger partial charge in [-0.1, -0.05) is 50.6 Å². The zero-order chi connectivity index (χ0) is 16.5. The van der Waals surface area contributed by atoms with Crippen LogP contribution in [0.5, 0.6) is 0 Å². The average molecular weight is 306 g/mol. The van der Waals surface area contributed by atoms with Crippen LogP contribution in [0.2, 0.25) is 0 Å². The molecule has 0 spiro atoms. The van der Waals surface area contributed by atoms with E-state index in [1.165, 1.54) is 7.11 Å². The number of likely N-dealkylation sites (N-methyl/N-ethyl adjacent to an activating group) is 1. The first-order valence-electron chi connectivity index (χ1n) is 7.57. The molecule has 5 nitrogen and oxygen atoms in total. The largest absolute Gasteiger partial charge is 0.467 e. The molecule has 2 atom stereocenters. The minimum Gasteiger partial charge on any atom is -0.467 e. The van der Waals surface area contributed by atoms with Crippen LogP contribution in [0.15, 0.2) is 30.3 Å². The van der Waals surface area contributed by atoms with Gasteiger partial charge in [0.1, 0.15) is 6.04 Å². The molecule has 0 bridgehead atoms. The van der Waals surface area contributed by atoms with E-state index in [4.69, 9.17) is 4.74 Å². The highest BCUT2D eigenvalue weighted by Gasteiger charge is 2.26. The van der Waals surface area contributed by atoms with E-state index in [-0.39, 0.29) is 18.4 Å². The number of hydrogen-bond donors (Lipinski definition) is 1. The monoisotopic (exact) mass is 306 g/mol. The number of amides is 1. The number of nitrogens with zero attached hydrogens (tertiary/aromatic N) is 1. The van der Waals surface area contributed by atoms with Crippen LogP contribution in [0.25, 0.3) is 0 Å². The first kappa shape index (κ1) is 18.2. The van der Waals surface area contributed by atoms with Crippen LogP contribution in [0.3, 0.4) is 0 Å². The van der Waals surface area contributed by atoms with Crippen LogP contribution in [0.4, 0.5) is 0 Å². The van der Waals surface area contributed by atoms with Gasteiger partial charge in [-0.25, -0.2) is 4.79 Å². The molecule has 0 unspecified atom stereocenters. The molecule has 0 saturated heterocycles. The van der Waals surface area contributed by atoms with Crippen LogP contribution in [-0.2, 0) is 20.9 Å². The van der Waals surface area contributed by atoms with Gasteiger partial charge in [-0.3, -0.25) is 9.69 Å². The van der Waals surface area contributed by atoms with Crippen molar-refractivity contribution in [2.75, 3.05) is 20.7 Å². The number of benzene rings is 1. The lowest BCUT2D eigenvalue weighted by molar-refractivity contribution is -0.146. The van der Waals surface area contributed by atoms with E-state index < -0.39 is 12.0 Å². The third-order valence-corrected chi connectivity index (χ3v) is 3.69. The van der Waals surface area contributed by atoms with Crippen molar-refractivity contribution in [3.63, 3.8) is 0 Å². The summed E-state index contributed by atoms with van der Waals surface area (Å²) in [5.74, 6) is -0.529. The number of hydrogen-bond acceptors (Lipinski definition) is 4. The van der Waals surface area contributed by atoms with Gasteiger partial charge in [-0.2, -0.15) is 0 Å². The maximum Gasteiger partial charge on any atom is 0.328 e. The Bertz CT molecular complexity index is 476. The predicted octanol–water partition coefficient (Wildman–Crippen LogP) is 1.82. The summed E-state index contributed by atoms with van der Waals surface area (Å²) >= 11 is 0. The molecule has 1 N–H and O–H groups in total. The van der Waals surface area contributed by atoms with Gasteiger partial charge >= 0.3 is 5.97 Å². The van der Waals surface area contributed by atoms with E-state index in [1.54, 1.807) is 0 Å². The molecule has 1 aromatic carbocycles. The first-order chi connectivity index (χ1) is 10.5. The van der Waals surface area contributed by atoms with Gasteiger partial charge in [-0.15, -0.1) is 0 Å². The number of carbonyl (C=O) groups is 2. The van der Waals surface area contributed by atoms with E-state index in [1.807, 2.05) is 56.1 Å². The predicted molar refractivity (Wildman–Crippen MR) is 86.2 cm³/mol. The number of esters is 1. The van der Waals surface area contributed by atoms with E-state index in [2.05, 4.69) is 5.32 Å². The second-order valence-electron chi connectivity index (χ2n) is 5.61. The SMILES string of the molecule is CC[C@@H](C)[C@H](NC(=O)CN(C)Cc1ccccc1)C(=O)OC. The summed E-state index contributed by atoms with van der Waals surface area (Å²) in [5.41, 5.74) is 1.14. The lowest BCUT2D eigenvalue weighted by atomic mass is 9.99. The lowest BCUT2D eigenvalue weighted by Crippen LogP contribution is -2.48. The summed E-state index contributed by atoms with van der Waals surface area (Å²) in [5, 5.41) is 2.78. The topological polar surface area (TPSA) is 58.6 Å². The number of nitrogens with one attached hydrogen (secondary N) is 1. The average Bonchev–Trinajstić information content (AvgIpc) is 2.51. The minimum atomic E-state index is -0.590. The Balaban J connectivity index is 2.54. The van der Waals surface area contributed by atoms with Crippen molar-refractivity contribution in [2.45, 2.75) is 32.9 Å². The quantitative estimate of drug-likeness (QED) is 0.744. The molecule has 0 fully saturated rings. The van der Waals surface area contributed by atoms with Crippen molar-refractivity contribution >= 4 is 11.9 Å². The van der Waals surface area contributed by atoms with E-state index in [0.29, 0.717) is 6.54 Å². The summed E-state index contributed by atoms with van der Waals surface area (Å²) in [7, 11) is 3.22. The molecule has 0 aromatic heterocycles. The molecule has 0 aliphatic rings. The normalized spacial score (nSPS) is 13.5. The fourth-order valence-electron chi connectivity index (χ4n) is 2.21. The first-order valence-corrected chi connectivity index (χ1v) is 7.57. The third-order valence-electron chi connectivity index (χ3n) is 3.69. The standard InChI is InChI=1S/C17H26N2O3/c1-5-13(2)16(17(21)22-4)18-15(20)12-19(3)11-14-9-7-6-8-10-14/h6-10,13,16H,5,11-12H2,1-4H3,(H,18,20)/t13-,16+/m1/s1. The Kier molecular flexibility index (Phi) is 7.60. The number of carbonyl (C=O) groups excluding carboxylic acids is 2. The second-order valence-corrected chi connectivity index (χ2v) is 5.61. The molecule has 0 radical (unpaired) electrons. The molecule has 0 heterocycles. The van der Waals surface area contributed by atoms with Crippen LogP contribution in [0, 0.1) is 5.92 Å². The van der Waals surface area contributed by atoms with Gasteiger partial charge in [0.25, 0.3) is 0 Å². The molecular formula is C17H26N2O3. The highest BCUT2D eigenvalue weighted by Crippen LogP contribution is 2.09. The highest BCUT2D eigenvalue weighted by molar-refractivity contribution is 5.85. The van der Waals surface area contributed by atoms with Gasteiger partial charge in [-0.05, 0) is 18.5 Å². The molecule has 1 rings (SSSR count). The Morgan fingerprint density at radius 3 is 2.45 bits per heavy atom. The van der Waals surface area contributed by atoms with Crippen molar-refractivity contribution in [3.8, 4) is 0 Å². The maximum absolute atomic E-state index is 12.1. The van der Waals surface area contributed by atoms with Crippen molar-refractivity contribution in [1.29, 1.82) is 0 Å². The van der Waals surface area contributed by atoms with E-state index >= 15 is 0 Å². The highest BCUT2D eigenvalue weighted by atomic mass is 16.5. The summed E-state index contributed by atoms with van der Waals surface area (Å²) in [6.45, 7) is 4.82. The fraction of sp³-hybridized carbons (Fsp3) is 0.529. The molecule has 22 heavy (non-hydrogen) atoms. The summed E-state index contributed by atoms with van der Waals surface area (Å²) in [4.78, 5) is 25.8. The number of methoxy groups -OCH3 is 1. The van der Waals surface area contributed by atoms with Crippen LogP contribution in [0.1, 0.15) is 25.8 Å². The molecule has 1 amide bonds. The second kappa shape index (κ2) is 9.20. The Hall–Kier alpha value is -1.88. The number of ether oxygens (including phenoxy) is 1. The van der Waals surface area contributed by atoms with E-state index in [9.17, 15) is 9.59 Å². The minimum absolute atomic E-state index is 0.0378. The molecule has 0 aliphatic heterocycles. The van der Waals surface area contributed by atoms with Gasteiger partial charge in [0.15, 0.2) is 0 Å². The van der Waals surface area contributed by atoms with Gasteiger partial charge in [0, 0.05) is 6.54 Å². The molecule has 122 valence electrons. The summed E-state index contributed by atoms with van der Waals surface area (Å²) in [6, 6.07) is 9.35. The molecule has 1 aromatic rings.